The van der Waals surface area contributed by atoms with Crippen LogP contribution in [0.3, 0.4) is 0 Å². The zero-order valence-electron chi connectivity index (χ0n) is 8.46. The van der Waals surface area contributed by atoms with Gasteiger partial charge in [-0.1, -0.05) is 5.57 Å². The number of carbonyl (C=O) groups excluding carboxylic acids is 2. The molecule has 0 amide bonds. The topological polar surface area (TPSA) is 52.6 Å². The van der Waals surface area contributed by atoms with E-state index in [-0.39, 0.29) is 6.42 Å². The molecule has 0 unspecified atom stereocenters. The third-order valence-electron chi connectivity index (χ3n) is 2.36. The van der Waals surface area contributed by atoms with Crippen LogP contribution in [0, 0.1) is 0 Å². The van der Waals surface area contributed by atoms with E-state index in [2.05, 4.69) is 9.47 Å². The number of rotatable bonds is 3. The molecule has 0 bridgehead atoms. The molecule has 0 aromatic carbocycles. The van der Waals surface area contributed by atoms with Gasteiger partial charge in [-0.3, -0.25) is 4.79 Å². The van der Waals surface area contributed by atoms with Crippen LogP contribution in [0.15, 0.2) is 11.1 Å². The Balaban J connectivity index is 2.72. The maximum Gasteiger partial charge on any atom is 0.334 e. The highest BCUT2D eigenvalue weighted by molar-refractivity contribution is 5.94. The Morgan fingerprint density at radius 1 is 1.21 bits per heavy atom. The predicted octanol–water partition coefficient (Wildman–Crippen LogP) is 1.20. The largest absolute Gasteiger partial charge is 0.469 e. The molecule has 0 aromatic rings. The van der Waals surface area contributed by atoms with E-state index in [1.54, 1.807) is 0 Å². The average Bonchev–Trinajstić information content (AvgIpc) is 2.12. The van der Waals surface area contributed by atoms with Crippen LogP contribution in [0.25, 0.3) is 0 Å². The van der Waals surface area contributed by atoms with E-state index < -0.39 is 11.9 Å². The molecule has 1 rings (SSSR count). The molecular weight excluding hydrogens is 184 g/mol. The van der Waals surface area contributed by atoms with Crippen molar-refractivity contribution in [2.45, 2.75) is 25.7 Å². The summed E-state index contributed by atoms with van der Waals surface area (Å²) in [4.78, 5) is 22.3. The number of carbonyl (C=O) groups is 2. The monoisotopic (exact) mass is 198 g/mol. The first-order chi connectivity index (χ1) is 6.69. The molecule has 1 aliphatic carbocycles. The van der Waals surface area contributed by atoms with Crippen molar-refractivity contribution in [2.24, 2.45) is 0 Å². The summed E-state index contributed by atoms with van der Waals surface area (Å²) in [5, 5.41) is 0. The Bertz CT molecular complexity index is 272. The van der Waals surface area contributed by atoms with Crippen LogP contribution in [-0.2, 0) is 19.1 Å². The third-order valence-corrected chi connectivity index (χ3v) is 2.36. The van der Waals surface area contributed by atoms with Crippen molar-refractivity contribution in [1.82, 2.24) is 0 Å². The van der Waals surface area contributed by atoms with E-state index in [1.807, 2.05) is 0 Å². The first kappa shape index (κ1) is 10.8. The molecular formula is C10H14O4. The van der Waals surface area contributed by atoms with Gasteiger partial charge in [0.15, 0.2) is 0 Å². The highest BCUT2D eigenvalue weighted by atomic mass is 16.5. The smallest absolute Gasteiger partial charge is 0.334 e. The summed E-state index contributed by atoms with van der Waals surface area (Å²) in [7, 11) is 2.63. The second-order valence-electron chi connectivity index (χ2n) is 3.18. The fourth-order valence-electron chi connectivity index (χ4n) is 1.34. The SMILES string of the molecule is COC(=O)CC(C(=O)OC)=C1CCC1. The van der Waals surface area contributed by atoms with Crippen molar-refractivity contribution in [3.63, 3.8) is 0 Å². The molecule has 0 aliphatic heterocycles. The van der Waals surface area contributed by atoms with E-state index >= 15 is 0 Å². The molecule has 0 radical (unpaired) electrons. The summed E-state index contributed by atoms with van der Waals surface area (Å²) in [5.41, 5.74) is 1.51. The first-order valence-electron chi connectivity index (χ1n) is 4.55. The molecule has 0 heterocycles. The minimum Gasteiger partial charge on any atom is -0.469 e. The fourth-order valence-corrected chi connectivity index (χ4v) is 1.34. The Morgan fingerprint density at radius 2 is 1.86 bits per heavy atom. The van der Waals surface area contributed by atoms with Gasteiger partial charge in [0, 0.05) is 5.57 Å². The van der Waals surface area contributed by atoms with Gasteiger partial charge in [-0.2, -0.15) is 0 Å². The van der Waals surface area contributed by atoms with Crippen LogP contribution >= 0.6 is 0 Å². The number of methoxy groups -OCH3 is 2. The van der Waals surface area contributed by atoms with E-state index in [1.165, 1.54) is 14.2 Å². The molecule has 0 atom stereocenters. The summed E-state index contributed by atoms with van der Waals surface area (Å²) in [5.74, 6) is -0.810. The second kappa shape index (κ2) is 4.79. The van der Waals surface area contributed by atoms with Crippen molar-refractivity contribution in [2.75, 3.05) is 14.2 Å². The molecule has 78 valence electrons. The standard InChI is InChI=1S/C10H14O4/c1-13-9(11)6-8(10(12)14-2)7-4-3-5-7/h3-6H2,1-2H3. The summed E-state index contributed by atoms with van der Waals surface area (Å²) in [6.07, 6.45) is 2.89. The Labute approximate surface area is 82.9 Å². The van der Waals surface area contributed by atoms with Crippen LogP contribution < -0.4 is 0 Å². The quantitative estimate of drug-likeness (QED) is 0.505. The summed E-state index contributed by atoms with van der Waals surface area (Å²) < 4.78 is 9.12. The third kappa shape index (κ3) is 2.34. The van der Waals surface area contributed by atoms with Gasteiger partial charge in [0.05, 0.1) is 20.6 Å². The molecule has 4 nitrogen and oxygen atoms in total. The lowest BCUT2D eigenvalue weighted by Gasteiger charge is -2.20. The van der Waals surface area contributed by atoms with Crippen LogP contribution in [0.2, 0.25) is 0 Å². The lowest BCUT2D eigenvalue weighted by Crippen LogP contribution is -2.16. The lowest BCUT2D eigenvalue weighted by molar-refractivity contribution is -0.143. The number of hydrogen-bond donors (Lipinski definition) is 0. The van der Waals surface area contributed by atoms with E-state index in [9.17, 15) is 9.59 Å². The van der Waals surface area contributed by atoms with Gasteiger partial charge in [-0.05, 0) is 19.3 Å². The van der Waals surface area contributed by atoms with E-state index in [0.29, 0.717) is 5.57 Å². The van der Waals surface area contributed by atoms with Crippen LogP contribution in [0.1, 0.15) is 25.7 Å². The van der Waals surface area contributed by atoms with Gasteiger partial charge in [-0.25, -0.2) is 4.79 Å². The average molecular weight is 198 g/mol. The molecule has 1 saturated carbocycles. The zero-order chi connectivity index (χ0) is 10.6. The molecule has 0 spiro atoms. The maximum atomic E-state index is 11.3. The molecule has 4 heteroatoms. The Kier molecular flexibility index (Phi) is 3.68. The molecule has 1 fully saturated rings. The van der Waals surface area contributed by atoms with Crippen molar-refractivity contribution in [3.8, 4) is 0 Å². The van der Waals surface area contributed by atoms with Crippen LogP contribution in [0.4, 0.5) is 0 Å². The van der Waals surface area contributed by atoms with Gasteiger partial charge < -0.3 is 9.47 Å². The number of allylic oxidation sites excluding steroid dienone is 1. The van der Waals surface area contributed by atoms with Gasteiger partial charge >= 0.3 is 11.9 Å². The summed E-state index contributed by atoms with van der Waals surface area (Å²) in [6.45, 7) is 0. The minimum atomic E-state index is -0.412. The lowest BCUT2D eigenvalue weighted by atomic mass is 9.87. The van der Waals surface area contributed by atoms with Crippen molar-refractivity contribution in [1.29, 1.82) is 0 Å². The molecule has 0 N–H and O–H groups in total. The first-order valence-corrected chi connectivity index (χ1v) is 4.55. The van der Waals surface area contributed by atoms with Crippen molar-refractivity contribution < 1.29 is 19.1 Å². The fraction of sp³-hybridized carbons (Fsp3) is 0.600. The number of ether oxygens (including phenoxy) is 2. The van der Waals surface area contributed by atoms with E-state index in [4.69, 9.17) is 0 Å². The predicted molar refractivity (Wildman–Crippen MR) is 49.5 cm³/mol. The highest BCUT2D eigenvalue weighted by Gasteiger charge is 2.23. The summed E-state index contributed by atoms with van der Waals surface area (Å²) in [6, 6.07) is 0. The zero-order valence-corrected chi connectivity index (χ0v) is 8.46. The van der Waals surface area contributed by atoms with Gasteiger partial charge in [0.25, 0.3) is 0 Å². The van der Waals surface area contributed by atoms with Gasteiger partial charge in [0.2, 0.25) is 0 Å². The molecule has 1 aliphatic rings. The van der Waals surface area contributed by atoms with E-state index in [0.717, 1.165) is 24.8 Å². The van der Waals surface area contributed by atoms with Crippen molar-refractivity contribution >= 4 is 11.9 Å². The maximum absolute atomic E-state index is 11.3. The van der Waals surface area contributed by atoms with Crippen LogP contribution in [-0.4, -0.2) is 26.2 Å². The second-order valence-corrected chi connectivity index (χ2v) is 3.18. The number of hydrogen-bond acceptors (Lipinski definition) is 4. The summed E-state index contributed by atoms with van der Waals surface area (Å²) >= 11 is 0. The van der Waals surface area contributed by atoms with Crippen molar-refractivity contribution in [3.05, 3.63) is 11.1 Å². The molecule has 0 saturated heterocycles. The van der Waals surface area contributed by atoms with Gasteiger partial charge in [-0.15, -0.1) is 0 Å². The Morgan fingerprint density at radius 3 is 2.21 bits per heavy atom. The van der Waals surface area contributed by atoms with Crippen LogP contribution in [0.5, 0.6) is 0 Å². The molecule has 0 aromatic heterocycles. The number of esters is 2. The Hall–Kier alpha value is -1.32. The normalized spacial score (nSPS) is 14.3. The van der Waals surface area contributed by atoms with Gasteiger partial charge in [0.1, 0.15) is 0 Å². The minimum absolute atomic E-state index is 0.0263. The molecule has 14 heavy (non-hydrogen) atoms. The highest BCUT2D eigenvalue weighted by Crippen LogP contribution is 2.30.